The van der Waals surface area contributed by atoms with Gasteiger partial charge in [-0.3, -0.25) is 4.98 Å². The van der Waals surface area contributed by atoms with E-state index < -0.39 is 0 Å². The highest BCUT2D eigenvalue weighted by Crippen LogP contribution is 2.21. The first kappa shape index (κ1) is 12.4. The Labute approximate surface area is 107 Å². The summed E-state index contributed by atoms with van der Waals surface area (Å²) in [6.07, 6.45) is 3.39. The molecule has 0 bridgehead atoms. The summed E-state index contributed by atoms with van der Waals surface area (Å²) in [6, 6.07) is 9.79. The molecule has 1 aromatic carbocycles. The van der Waals surface area contributed by atoms with Crippen LogP contribution in [0.3, 0.4) is 0 Å². The molecule has 2 aromatic rings. The molecule has 1 heterocycles. The van der Waals surface area contributed by atoms with E-state index in [0.29, 0.717) is 5.69 Å². The summed E-state index contributed by atoms with van der Waals surface area (Å²) in [7, 11) is 1.99. The number of nitrogens with zero attached hydrogens (tertiary/aromatic N) is 2. The first-order valence-corrected chi connectivity index (χ1v) is 5.80. The number of anilines is 2. The van der Waals surface area contributed by atoms with Gasteiger partial charge in [0.15, 0.2) is 0 Å². The monoisotopic (exact) mass is 243 g/mol. The zero-order valence-corrected chi connectivity index (χ0v) is 10.4. The number of hydrogen-bond acceptors (Lipinski definition) is 4. The lowest BCUT2D eigenvalue weighted by atomic mass is 10.1. The summed E-state index contributed by atoms with van der Waals surface area (Å²) in [5, 5.41) is 8.99. The smallest absolute Gasteiger partial charge is 0.0738 e. The molecule has 4 nitrogen and oxygen atoms in total. The number of benzene rings is 1. The van der Waals surface area contributed by atoms with E-state index in [4.69, 9.17) is 10.8 Å². The second kappa shape index (κ2) is 5.51. The normalized spacial score (nSPS) is 10.3. The van der Waals surface area contributed by atoms with E-state index in [-0.39, 0.29) is 6.61 Å². The number of nitrogens with two attached hydrogens (primary N) is 1. The number of rotatable bonds is 4. The molecule has 3 N–H and O–H groups in total. The SMILES string of the molecule is CN(Cc1ccc(CO)cc1)c1ccncc1N. The minimum Gasteiger partial charge on any atom is -0.396 e. The van der Waals surface area contributed by atoms with E-state index >= 15 is 0 Å². The van der Waals surface area contributed by atoms with Crippen LogP contribution in [0.5, 0.6) is 0 Å². The van der Waals surface area contributed by atoms with Crippen molar-refractivity contribution in [2.75, 3.05) is 17.7 Å². The summed E-state index contributed by atoms with van der Waals surface area (Å²) in [4.78, 5) is 6.05. The number of hydrogen-bond donors (Lipinski definition) is 2. The van der Waals surface area contributed by atoms with Gasteiger partial charge < -0.3 is 15.7 Å². The fourth-order valence-corrected chi connectivity index (χ4v) is 1.86. The molecule has 0 aliphatic heterocycles. The van der Waals surface area contributed by atoms with Crippen LogP contribution in [0.25, 0.3) is 0 Å². The maximum atomic E-state index is 8.99. The van der Waals surface area contributed by atoms with Gasteiger partial charge >= 0.3 is 0 Å². The fraction of sp³-hybridized carbons (Fsp3) is 0.214. The van der Waals surface area contributed by atoms with Crippen LogP contribution in [0.4, 0.5) is 11.4 Å². The van der Waals surface area contributed by atoms with E-state index in [0.717, 1.165) is 17.8 Å². The first-order valence-electron chi connectivity index (χ1n) is 5.80. The predicted octanol–water partition coefficient (Wildman–Crippen LogP) is 1.79. The molecule has 0 atom stereocenters. The third-order valence-corrected chi connectivity index (χ3v) is 2.86. The molecule has 0 fully saturated rings. The summed E-state index contributed by atoms with van der Waals surface area (Å²) in [5.74, 6) is 0. The van der Waals surface area contributed by atoms with Gasteiger partial charge in [-0.05, 0) is 17.2 Å². The average Bonchev–Trinajstić information content (AvgIpc) is 2.40. The largest absolute Gasteiger partial charge is 0.396 e. The Morgan fingerprint density at radius 1 is 1.17 bits per heavy atom. The summed E-state index contributed by atoms with van der Waals surface area (Å²) in [5.41, 5.74) is 9.62. The Kier molecular flexibility index (Phi) is 3.79. The maximum absolute atomic E-state index is 8.99. The Morgan fingerprint density at radius 2 is 1.83 bits per heavy atom. The van der Waals surface area contributed by atoms with E-state index in [1.54, 1.807) is 12.4 Å². The number of nitrogen functional groups attached to an aromatic ring is 1. The van der Waals surface area contributed by atoms with Crippen LogP contribution in [0.15, 0.2) is 42.7 Å². The molecule has 4 heteroatoms. The molecule has 1 aromatic heterocycles. The molecule has 0 spiro atoms. The number of aromatic nitrogens is 1. The maximum Gasteiger partial charge on any atom is 0.0738 e. The van der Waals surface area contributed by atoms with Gasteiger partial charge in [0.05, 0.1) is 24.2 Å². The highest BCUT2D eigenvalue weighted by atomic mass is 16.3. The van der Waals surface area contributed by atoms with Crippen LogP contribution in [0.2, 0.25) is 0 Å². The predicted molar refractivity (Wildman–Crippen MR) is 73.1 cm³/mol. The van der Waals surface area contributed by atoms with Crippen LogP contribution in [-0.2, 0) is 13.2 Å². The van der Waals surface area contributed by atoms with Gasteiger partial charge in [-0.25, -0.2) is 0 Å². The lowest BCUT2D eigenvalue weighted by molar-refractivity contribution is 0.282. The molecule has 2 rings (SSSR count). The van der Waals surface area contributed by atoms with Gasteiger partial charge in [0.2, 0.25) is 0 Å². The molecule has 0 radical (unpaired) electrons. The van der Waals surface area contributed by atoms with Crippen molar-refractivity contribution in [1.82, 2.24) is 4.98 Å². The summed E-state index contributed by atoms with van der Waals surface area (Å²) in [6.45, 7) is 0.841. The first-order chi connectivity index (χ1) is 8.70. The van der Waals surface area contributed by atoms with E-state index in [9.17, 15) is 0 Å². The molecule has 0 unspecified atom stereocenters. The second-order valence-electron chi connectivity index (χ2n) is 4.27. The van der Waals surface area contributed by atoms with Gasteiger partial charge in [-0.1, -0.05) is 24.3 Å². The van der Waals surface area contributed by atoms with Crippen molar-refractivity contribution < 1.29 is 5.11 Å². The Bertz CT molecular complexity index is 511. The zero-order chi connectivity index (χ0) is 13.0. The molecule has 0 saturated heterocycles. The van der Waals surface area contributed by atoms with Crippen LogP contribution in [0, 0.1) is 0 Å². The molecule has 94 valence electrons. The number of aliphatic hydroxyl groups excluding tert-OH is 1. The number of aliphatic hydroxyl groups is 1. The highest BCUT2D eigenvalue weighted by Gasteiger charge is 2.05. The summed E-state index contributed by atoms with van der Waals surface area (Å²) >= 11 is 0. The average molecular weight is 243 g/mol. The molecular weight excluding hydrogens is 226 g/mol. The van der Waals surface area contributed by atoms with Crippen molar-refractivity contribution in [3.05, 3.63) is 53.9 Å². The Morgan fingerprint density at radius 3 is 2.44 bits per heavy atom. The molecule has 18 heavy (non-hydrogen) atoms. The van der Waals surface area contributed by atoms with Gasteiger partial charge in [-0.15, -0.1) is 0 Å². The second-order valence-corrected chi connectivity index (χ2v) is 4.27. The molecule has 0 saturated carbocycles. The molecule has 0 amide bonds. The molecule has 0 aliphatic carbocycles. The molecule has 0 aliphatic rings. The lowest BCUT2D eigenvalue weighted by Crippen LogP contribution is -2.17. The standard InChI is InChI=1S/C14H17N3O/c1-17(14-6-7-16-8-13(14)15)9-11-2-4-12(10-18)5-3-11/h2-8,18H,9-10,15H2,1H3. The number of pyridine rings is 1. The van der Waals surface area contributed by atoms with E-state index in [1.807, 2.05) is 37.4 Å². The highest BCUT2D eigenvalue weighted by molar-refractivity contribution is 5.65. The van der Waals surface area contributed by atoms with Crippen LogP contribution in [-0.4, -0.2) is 17.1 Å². The van der Waals surface area contributed by atoms with E-state index in [1.165, 1.54) is 5.56 Å². The van der Waals surface area contributed by atoms with Crippen LogP contribution >= 0.6 is 0 Å². The van der Waals surface area contributed by atoms with Crippen molar-refractivity contribution in [2.24, 2.45) is 0 Å². The third-order valence-electron chi connectivity index (χ3n) is 2.86. The Balaban J connectivity index is 2.11. The lowest BCUT2D eigenvalue weighted by Gasteiger charge is -2.20. The minimum atomic E-state index is 0.0768. The van der Waals surface area contributed by atoms with Crippen molar-refractivity contribution >= 4 is 11.4 Å². The third kappa shape index (κ3) is 2.78. The Hall–Kier alpha value is -2.07. The van der Waals surface area contributed by atoms with Crippen molar-refractivity contribution in [3.63, 3.8) is 0 Å². The van der Waals surface area contributed by atoms with Crippen LogP contribution < -0.4 is 10.6 Å². The summed E-state index contributed by atoms with van der Waals surface area (Å²) < 4.78 is 0. The van der Waals surface area contributed by atoms with Crippen molar-refractivity contribution in [2.45, 2.75) is 13.2 Å². The minimum absolute atomic E-state index is 0.0768. The fourth-order valence-electron chi connectivity index (χ4n) is 1.86. The molecular formula is C14H17N3O. The van der Waals surface area contributed by atoms with Gasteiger partial charge in [-0.2, -0.15) is 0 Å². The topological polar surface area (TPSA) is 62.4 Å². The van der Waals surface area contributed by atoms with Gasteiger partial charge in [0.25, 0.3) is 0 Å². The quantitative estimate of drug-likeness (QED) is 0.859. The zero-order valence-electron chi connectivity index (χ0n) is 10.4. The van der Waals surface area contributed by atoms with Crippen molar-refractivity contribution in [3.8, 4) is 0 Å². The van der Waals surface area contributed by atoms with Crippen molar-refractivity contribution in [1.29, 1.82) is 0 Å². The van der Waals surface area contributed by atoms with Gasteiger partial charge in [0, 0.05) is 19.8 Å². The van der Waals surface area contributed by atoms with Crippen LogP contribution in [0.1, 0.15) is 11.1 Å². The van der Waals surface area contributed by atoms with E-state index in [2.05, 4.69) is 9.88 Å². The van der Waals surface area contributed by atoms with Gasteiger partial charge in [0.1, 0.15) is 0 Å².